The number of rotatable bonds is 4. The van der Waals surface area contributed by atoms with Crippen molar-refractivity contribution in [2.45, 2.75) is 39.2 Å². The molecule has 0 aliphatic carbocycles. The van der Waals surface area contributed by atoms with Crippen LogP contribution in [0, 0.1) is 11.3 Å². The van der Waals surface area contributed by atoms with E-state index in [4.69, 9.17) is 10.00 Å². The van der Waals surface area contributed by atoms with Gasteiger partial charge in [0.2, 0.25) is 0 Å². The lowest BCUT2D eigenvalue weighted by Gasteiger charge is -2.20. The van der Waals surface area contributed by atoms with Crippen LogP contribution in [0.1, 0.15) is 38.8 Å². The van der Waals surface area contributed by atoms with Crippen LogP contribution in [-0.4, -0.2) is 12.0 Å². The summed E-state index contributed by atoms with van der Waals surface area (Å²) < 4.78 is 5.70. The minimum absolute atomic E-state index is 0.0767. The first-order chi connectivity index (χ1) is 11.3. The summed E-state index contributed by atoms with van der Waals surface area (Å²) in [5, 5.41) is 11.6. The summed E-state index contributed by atoms with van der Waals surface area (Å²) in [4.78, 5) is 12.2. The van der Waals surface area contributed by atoms with E-state index in [1.165, 1.54) is 5.56 Å². The summed E-state index contributed by atoms with van der Waals surface area (Å²) in [6, 6.07) is 16.6. The van der Waals surface area contributed by atoms with Crippen molar-refractivity contribution in [1.82, 2.24) is 0 Å². The molecular formula is C20H22N2O2. The van der Waals surface area contributed by atoms with Gasteiger partial charge in [0.25, 0.3) is 5.91 Å². The number of anilines is 1. The highest BCUT2D eigenvalue weighted by atomic mass is 16.5. The Kier molecular flexibility index (Phi) is 5.25. The second-order valence-corrected chi connectivity index (χ2v) is 6.72. The zero-order chi connectivity index (χ0) is 17.7. The van der Waals surface area contributed by atoms with E-state index >= 15 is 0 Å². The molecule has 1 N–H and O–H groups in total. The van der Waals surface area contributed by atoms with Crippen LogP contribution >= 0.6 is 0 Å². The number of hydrogen-bond donors (Lipinski definition) is 1. The van der Waals surface area contributed by atoms with Gasteiger partial charge in [0.05, 0.1) is 11.6 Å². The van der Waals surface area contributed by atoms with Crippen LogP contribution in [-0.2, 0) is 10.2 Å². The molecule has 0 aromatic heterocycles. The van der Waals surface area contributed by atoms with E-state index in [-0.39, 0.29) is 11.3 Å². The van der Waals surface area contributed by atoms with Crippen LogP contribution < -0.4 is 10.1 Å². The molecule has 2 rings (SSSR count). The molecule has 0 fully saturated rings. The fraction of sp³-hybridized carbons (Fsp3) is 0.300. The molecule has 0 saturated heterocycles. The van der Waals surface area contributed by atoms with Gasteiger partial charge in [-0.3, -0.25) is 4.79 Å². The Labute approximate surface area is 143 Å². The molecule has 0 heterocycles. The first-order valence-electron chi connectivity index (χ1n) is 7.88. The Morgan fingerprint density at radius 2 is 1.83 bits per heavy atom. The highest BCUT2D eigenvalue weighted by molar-refractivity contribution is 5.94. The van der Waals surface area contributed by atoms with Gasteiger partial charge >= 0.3 is 0 Å². The highest BCUT2D eigenvalue weighted by Gasteiger charge is 2.17. The fourth-order valence-corrected chi connectivity index (χ4v) is 2.20. The summed E-state index contributed by atoms with van der Waals surface area (Å²) >= 11 is 0. The van der Waals surface area contributed by atoms with Gasteiger partial charge in [-0.2, -0.15) is 5.26 Å². The first kappa shape index (κ1) is 17.6. The molecule has 1 amide bonds. The van der Waals surface area contributed by atoms with Crippen molar-refractivity contribution >= 4 is 11.6 Å². The van der Waals surface area contributed by atoms with Gasteiger partial charge in [-0.1, -0.05) is 39.0 Å². The molecule has 24 heavy (non-hydrogen) atoms. The summed E-state index contributed by atoms with van der Waals surface area (Å²) in [5.41, 5.74) is 2.37. The number of amides is 1. The van der Waals surface area contributed by atoms with Crippen LogP contribution in [0.25, 0.3) is 0 Å². The first-order valence-corrected chi connectivity index (χ1v) is 7.88. The van der Waals surface area contributed by atoms with E-state index < -0.39 is 6.10 Å². The van der Waals surface area contributed by atoms with Crippen molar-refractivity contribution < 1.29 is 9.53 Å². The zero-order valence-corrected chi connectivity index (χ0v) is 14.5. The lowest BCUT2D eigenvalue weighted by atomic mass is 9.87. The SMILES string of the molecule is C[C@@H](Oc1ccc(C(C)(C)C)cc1)C(=O)Nc1cccc(C#N)c1. The molecule has 4 heteroatoms. The van der Waals surface area contributed by atoms with Crippen molar-refractivity contribution in [3.63, 3.8) is 0 Å². The molecule has 2 aromatic carbocycles. The third-order valence-electron chi connectivity index (χ3n) is 3.66. The number of benzene rings is 2. The fourth-order valence-electron chi connectivity index (χ4n) is 2.20. The minimum Gasteiger partial charge on any atom is -0.481 e. The van der Waals surface area contributed by atoms with E-state index in [0.717, 1.165) is 0 Å². The minimum atomic E-state index is -0.642. The van der Waals surface area contributed by atoms with Gasteiger partial charge in [-0.05, 0) is 48.2 Å². The van der Waals surface area contributed by atoms with Crippen molar-refractivity contribution in [2.75, 3.05) is 5.32 Å². The molecule has 1 atom stereocenters. The monoisotopic (exact) mass is 322 g/mol. The van der Waals surface area contributed by atoms with Gasteiger partial charge in [-0.25, -0.2) is 0 Å². The molecule has 0 saturated carbocycles. The summed E-state index contributed by atoms with van der Waals surface area (Å²) in [6.07, 6.45) is -0.642. The Morgan fingerprint density at radius 3 is 2.42 bits per heavy atom. The van der Waals surface area contributed by atoms with Gasteiger partial charge in [-0.15, -0.1) is 0 Å². The number of nitriles is 1. The lowest BCUT2D eigenvalue weighted by molar-refractivity contribution is -0.122. The second kappa shape index (κ2) is 7.18. The number of hydrogen-bond acceptors (Lipinski definition) is 3. The lowest BCUT2D eigenvalue weighted by Crippen LogP contribution is -2.30. The van der Waals surface area contributed by atoms with E-state index in [0.29, 0.717) is 17.0 Å². The second-order valence-electron chi connectivity index (χ2n) is 6.72. The van der Waals surface area contributed by atoms with Crippen molar-refractivity contribution in [3.8, 4) is 11.8 Å². The normalized spacial score (nSPS) is 12.1. The molecule has 0 unspecified atom stereocenters. The van der Waals surface area contributed by atoms with Gasteiger partial charge in [0.15, 0.2) is 6.10 Å². The maximum atomic E-state index is 12.2. The Bertz CT molecular complexity index is 752. The van der Waals surface area contributed by atoms with Crippen LogP contribution in [0.2, 0.25) is 0 Å². The van der Waals surface area contributed by atoms with Crippen LogP contribution in [0.5, 0.6) is 5.75 Å². The maximum absolute atomic E-state index is 12.2. The molecule has 0 bridgehead atoms. The van der Waals surface area contributed by atoms with E-state index in [1.54, 1.807) is 31.2 Å². The third kappa shape index (κ3) is 4.60. The van der Waals surface area contributed by atoms with Gasteiger partial charge < -0.3 is 10.1 Å². The molecule has 0 aliphatic rings. The van der Waals surface area contributed by atoms with Gasteiger partial charge in [0.1, 0.15) is 5.75 Å². The predicted octanol–water partition coefficient (Wildman–Crippen LogP) is 4.26. The predicted molar refractivity (Wildman–Crippen MR) is 95.0 cm³/mol. The van der Waals surface area contributed by atoms with E-state index in [9.17, 15) is 4.79 Å². The Balaban J connectivity index is 2.00. The number of nitrogens with one attached hydrogen (secondary N) is 1. The zero-order valence-electron chi connectivity index (χ0n) is 14.5. The number of nitrogens with zero attached hydrogens (tertiary/aromatic N) is 1. The topological polar surface area (TPSA) is 62.1 Å². The van der Waals surface area contributed by atoms with E-state index in [2.05, 4.69) is 26.1 Å². The summed E-state index contributed by atoms with van der Waals surface area (Å²) in [6.45, 7) is 8.14. The number of carbonyl (C=O) groups is 1. The highest BCUT2D eigenvalue weighted by Crippen LogP contribution is 2.24. The van der Waals surface area contributed by atoms with Crippen molar-refractivity contribution in [1.29, 1.82) is 5.26 Å². The smallest absolute Gasteiger partial charge is 0.265 e. The number of ether oxygens (including phenoxy) is 1. The average Bonchev–Trinajstić information content (AvgIpc) is 2.54. The van der Waals surface area contributed by atoms with Gasteiger partial charge in [0, 0.05) is 5.69 Å². The third-order valence-corrected chi connectivity index (χ3v) is 3.66. The molecule has 0 radical (unpaired) electrons. The molecule has 0 aliphatic heterocycles. The Morgan fingerprint density at radius 1 is 1.17 bits per heavy atom. The Hall–Kier alpha value is -2.80. The molecule has 0 spiro atoms. The van der Waals surface area contributed by atoms with Crippen LogP contribution in [0.3, 0.4) is 0 Å². The molecule has 2 aromatic rings. The average molecular weight is 322 g/mol. The maximum Gasteiger partial charge on any atom is 0.265 e. The largest absolute Gasteiger partial charge is 0.481 e. The molecular weight excluding hydrogens is 300 g/mol. The van der Waals surface area contributed by atoms with E-state index in [1.807, 2.05) is 30.3 Å². The van der Waals surface area contributed by atoms with Crippen molar-refractivity contribution in [3.05, 3.63) is 59.7 Å². The number of carbonyl (C=O) groups excluding carboxylic acids is 1. The quantitative estimate of drug-likeness (QED) is 0.914. The summed E-state index contributed by atoms with van der Waals surface area (Å²) in [7, 11) is 0. The van der Waals surface area contributed by atoms with Crippen molar-refractivity contribution in [2.24, 2.45) is 0 Å². The summed E-state index contributed by atoms with van der Waals surface area (Å²) in [5.74, 6) is 0.390. The van der Waals surface area contributed by atoms with Crippen LogP contribution in [0.4, 0.5) is 5.69 Å². The molecule has 4 nitrogen and oxygen atoms in total. The molecule has 124 valence electrons. The standard InChI is InChI=1S/C20H22N2O2/c1-14(19(23)22-17-7-5-6-15(12-17)13-21)24-18-10-8-16(9-11-18)20(2,3)4/h5-12,14H,1-4H3,(H,22,23)/t14-/m1/s1. The van der Waals surface area contributed by atoms with Crippen LogP contribution in [0.15, 0.2) is 48.5 Å².